The van der Waals surface area contributed by atoms with Crippen molar-refractivity contribution in [3.63, 3.8) is 0 Å². The van der Waals surface area contributed by atoms with E-state index in [4.69, 9.17) is 4.74 Å². The van der Waals surface area contributed by atoms with Gasteiger partial charge < -0.3 is 20.4 Å². The zero-order chi connectivity index (χ0) is 18.1. The first-order chi connectivity index (χ1) is 12.6. The highest BCUT2D eigenvalue weighted by molar-refractivity contribution is 5.97. The average molecular weight is 427 g/mol. The maximum absolute atomic E-state index is 13.1. The Balaban J connectivity index is 0.00000140. The molecule has 2 heterocycles. The number of rotatable bonds is 3. The number of benzene rings is 2. The molecular formula is C19H21Cl2FN4O2. The highest BCUT2D eigenvalue weighted by Crippen LogP contribution is 2.23. The molecule has 3 aromatic rings. The molecule has 9 heteroatoms. The van der Waals surface area contributed by atoms with E-state index in [1.165, 1.54) is 12.1 Å². The van der Waals surface area contributed by atoms with E-state index in [1.54, 1.807) is 12.1 Å². The molecule has 1 fully saturated rings. The van der Waals surface area contributed by atoms with Crippen molar-refractivity contribution in [2.75, 3.05) is 18.5 Å². The van der Waals surface area contributed by atoms with E-state index in [-0.39, 0.29) is 48.7 Å². The van der Waals surface area contributed by atoms with Gasteiger partial charge in [-0.2, -0.15) is 0 Å². The van der Waals surface area contributed by atoms with Crippen molar-refractivity contribution in [3.8, 4) is 11.4 Å². The number of aromatic amines is 1. The van der Waals surface area contributed by atoms with Crippen molar-refractivity contribution in [2.45, 2.75) is 19.1 Å². The molecule has 6 nitrogen and oxygen atoms in total. The summed E-state index contributed by atoms with van der Waals surface area (Å²) >= 11 is 0. The van der Waals surface area contributed by atoms with Crippen LogP contribution in [0.3, 0.4) is 0 Å². The SMILES string of the molecule is C[C@H]1OCCN[C@@H]1C(=O)Nc1ccc2nc(-c3ccc(F)cc3)[nH]c2c1.Cl.Cl. The molecule has 150 valence electrons. The minimum Gasteiger partial charge on any atom is -0.375 e. The molecule has 0 bridgehead atoms. The number of carbonyl (C=O) groups excluding carboxylic acids is 1. The third-order valence-corrected chi connectivity index (χ3v) is 4.47. The summed E-state index contributed by atoms with van der Waals surface area (Å²) in [6, 6.07) is 11.2. The van der Waals surface area contributed by atoms with Crippen molar-refractivity contribution in [2.24, 2.45) is 0 Å². The number of halogens is 3. The lowest BCUT2D eigenvalue weighted by atomic mass is 10.1. The van der Waals surface area contributed by atoms with E-state index in [1.807, 2.05) is 25.1 Å². The molecule has 0 spiro atoms. The van der Waals surface area contributed by atoms with Crippen molar-refractivity contribution in [3.05, 3.63) is 48.3 Å². The van der Waals surface area contributed by atoms with Crippen LogP contribution in [-0.4, -0.2) is 41.2 Å². The van der Waals surface area contributed by atoms with Gasteiger partial charge in [0.1, 0.15) is 17.7 Å². The van der Waals surface area contributed by atoms with Crippen molar-refractivity contribution in [1.82, 2.24) is 15.3 Å². The van der Waals surface area contributed by atoms with Crippen LogP contribution in [0.15, 0.2) is 42.5 Å². The standard InChI is InChI=1S/C19H19FN4O2.2ClH/c1-11-17(21-8-9-26-11)19(25)22-14-6-7-15-16(10-14)24-18(23-15)12-2-4-13(20)5-3-12;;/h2-7,10-11,17,21H,8-9H2,1H3,(H,22,25)(H,23,24);2*1H/t11-,17+;;/m1../s1. The fourth-order valence-electron chi connectivity index (χ4n) is 3.08. The summed E-state index contributed by atoms with van der Waals surface area (Å²) in [5, 5.41) is 6.08. The van der Waals surface area contributed by atoms with Crippen LogP contribution >= 0.6 is 24.8 Å². The average Bonchev–Trinajstić information content (AvgIpc) is 3.06. The lowest BCUT2D eigenvalue weighted by molar-refractivity contribution is -0.123. The van der Waals surface area contributed by atoms with Crippen LogP contribution in [0, 0.1) is 5.82 Å². The monoisotopic (exact) mass is 426 g/mol. The van der Waals surface area contributed by atoms with Crippen LogP contribution in [0.1, 0.15) is 6.92 Å². The fraction of sp³-hybridized carbons (Fsp3) is 0.263. The van der Waals surface area contributed by atoms with Crippen LogP contribution in [0.4, 0.5) is 10.1 Å². The number of imidazole rings is 1. The third-order valence-electron chi connectivity index (χ3n) is 4.47. The zero-order valence-electron chi connectivity index (χ0n) is 15.1. The predicted molar refractivity (Wildman–Crippen MR) is 112 cm³/mol. The van der Waals surface area contributed by atoms with Crippen molar-refractivity contribution in [1.29, 1.82) is 0 Å². The largest absolute Gasteiger partial charge is 0.375 e. The van der Waals surface area contributed by atoms with E-state index < -0.39 is 0 Å². The molecule has 4 rings (SSSR count). The second-order valence-corrected chi connectivity index (χ2v) is 6.32. The molecule has 1 aromatic heterocycles. The normalized spacial score (nSPS) is 18.8. The maximum atomic E-state index is 13.1. The Morgan fingerprint density at radius 1 is 1.21 bits per heavy atom. The molecule has 0 radical (unpaired) electrons. The highest BCUT2D eigenvalue weighted by atomic mass is 35.5. The zero-order valence-corrected chi connectivity index (χ0v) is 16.7. The minimum absolute atomic E-state index is 0. The van der Waals surface area contributed by atoms with Gasteiger partial charge in [-0.15, -0.1) is 24.8 Å². The van der Waals surface area contributed by atoms with Gasteiger partial charge in [-0.1, -0.05) is 0 Å². The van der Waals surface area contributed by atoms with Crippen molar-refractivity contribution >= 4 is 47.4 Å². The Morgan fingerprint density at radius 2 is 1.96 bits per heavy atom. The van der Waals surface area contributed by atoms with Crippen LogP contribution in [0.25, 0.3) is 22.4 Å². The maximum Gasteiger partial charge on any atom is 0.244 e. The molecule has 0 unspecified atom stereocenters. The molecule has 1 aliphatic rings. The first kappa shape index (κ1) is 22.1. The van der Waals surface area contributed by atoms with Crippen LogP contribution in [0.5, 0.6) is 0 Å². The van der Waals surface area contributed by atoms with Gasteiger partial charge in [0.25, 0.3) is 0 Å². The fourth-order valence-corrected chi connectivity index (χ4v) is 3.08. The number of ether oxygens (including phenoxy) is 1. The second-order valence-electron chi connectivity index (χ2n) is 6.32. The summed E-state index contributed by atoms with van der Waals surface area (Å²) in [6.07, 6.45) is -0.176. The number of morpholine rings is 1. The van der Waals surface area contributed by atoms with Gasteiger partial charge in [0.15, 0.2) is 0 Å². The molecule has 28 heavy (non-hydrogen) atoms. The number of fused-ring (bicyclic) bond motifs is 1. The van der Waals surface area contributed by atoms with Crippen LogP contribution < -0.4 is 10.6 Å². The number of amides is 1. The molecule has 1 amide bonds. The lowest BCUT2D eigenvalue weighted by Crippen LogP contribution is -2.53. The quantitative estimate of drug-likeness (QED) is 0.598. The van der Waals surface area contributed by atoms with Gasteiger partial charge in [0.2, 0.25) is 5.91 Å². The van der Waals surface area contributed by atoms with E-state index >= 15 is 0 Å². The Morgan fingerprint density at radius 3 is 2.68 bits per heavy atom. The number of hydrogen-bond acceptors (Lipinski definition) is 4. The molecule has 1 saturated heterocycles. The Kier molecular flexibility index (Phi) is 7.37. The van der Waals surface area contributed by atoms with Gasteiger partial charge in [-0.3, -0.25) is 4.79 Å². The molecule has 1 aliphatic heterocycles. The van der Waals surface area contributed by atoms with E-state index in [0.717, 1.165) is 16.6 Å². The Bertz CT molecular complexity index is 949. The first-order valence-corrected chi connectivity index (χ1v) is 8.52. The summed E-state index contributed by atoms with van der Waals surface area (Å²) in [6.45, 7) is 3.14. The number of H-pyrrole nitrogens is 1. The van der Waals surface area contributed by atoms with Crippen LogP contribution in [0.2, 0.25) is 0 Å². The molecular weight excluding hydrogens is 406 g/mol. The predicted octanol–water partition coefficient (Wildman–Crippen LogP) is 3.53. The van der Waals surface area contributed by atoms with E-state index in [2.05, 4.69) is 20.6 Å². The molecule has 0 saturated carbocycles. The second kappa shape index (κ2) is 9.34. The number of hydrogen-bond donors (Lipinski definition) is 3. The summed E-state index contributed by atoms with van der Waals surface area (Å²) < 4.78 is 18.6. The number of nitrogens with one attached hydrogen (secondary N) is 3. The van der Waals surface area contributed by atoms with Gasteiger partial charge in [0.05, 0.1) is 23.7 Å². The molecule has 2 aromatic carbocycles. The van der Waals surface area contributed by atoms with Crippen LogP contribution in [-0.2, 0) is 9.53 Å². The summed E-state index contributed by atoms with van der Waals surface area (Å²) in [7, 11) is 0. The Hall–Kier alpha value is -2.19. The summed E-state index contributed by atoms with van der Waals surface area (Å²) in [5.41, 5.74) is 3.04. The van der Waals surface area contributed by atoms with Crippen molar-refractivity contribution < 1.29 is 13.9 Å². The minimum atomic E-state index is -0.379. The first-order valence-electron chi connectivity index (χ1n) is 8.52. The molecule has 0 aliphatic carbocycles. The topological polar surface area (TPSA) is 79.0 Å². The third kappa shape index (κ3) is 4.62. The summed E-state index contributed by atoms with van der Waals surface area (Å²) in [5.74, 6) is 0.235. The lowest BCUT2D eigenvalue weighted by Gasteiger charge is -2.29. The number of carbonyl (C=O) groups is 1. The van der Waals surface area contributed by atoms with Gasteiger partial charge >= 0.3 is 0 Å². The Labute approximate surface area is 174 Å². The van der Waals surface area contributed by atoms with Gasteiger partial charge in [-0.05, 0) is 49.4 Å². The number of nitrogens with zero attached hydrogens (tertiary/aromatic N) is 1. The smallest absolute Gasteiger partial charge is 0.244 e. The van der Waals surface area contributed by atoms with E-state index in [0.29, 0.717) is 24.7 Å². The highest BCUT2D eigenvalue weighted by Gasteiger charge is 2.28. The molecule has 2 atom stereocenters. The number of aromatic nitrogens is 2. The van der Waals surface area contributed by atoms with Gasteiger partial charge in [0, 0.05) is 17.8 Å². The summed E-state index contributed by atoms with van der Waals surface area (Å²) in [4.78, 5) is 20.2. The van der Waals surface area contributed by atoms with Gasteiger partial charge in [-0.25, -0.2) is 9.37 Å². The molecule has 3 N–H and O–H groups in total. The van der Waals surface area contributed by atoms with E-state index in [9.17, 15) is 9.18 Å². The number of anilines is 1.